The highest BCUT2D eigenvalue weighted by molar-refractivity contribution is 7.80. The number of thiol groups is 1. The van der Waals surface area contributed by atoms with Crippen LogP contribution in [0.3, 0.4) is 0 Å². The molecular formula is C26H23F3N4O4S. The molecule has 1 fully saturated rings. The number of alkyl halides is 3. The monoisotopic (exact) mass is 544 g/mol. The van der Waals surface area contributed by atoms with Crippen LogP contribution >= 0.6 is 12.6 Å². The molecule has 1 aliphatic heterocycles. The van der Waals surface area contributed by atoms with Crippen LogP contribution in [0.2, 0.25) is 0 Å². The zero-order chi connectivity index (χ0) is 27.8. The number of nitrogens with one attached hydrogen (secondary N) is 1. The number of carbonyl (C=O) groups excluding carboxylic acids is 3. The molecular weight excluding hydrogens is 521 g/mol. The van der Waals surface area contributed by atoms with E-state index in [4.69, 9.17) is 4.74 Å². The van der Waals surface area contributed by atoms with Crippen LogP contribution in [-0.4, -0.2) is 40.4 Å². The van der Waals surface area contributed by atoms with E-state index in [0.717, 1.165) is 23.1 Å². The Balaban J connectivity index is 1.56. The number of halogens is 3. The van der Waals surface area contributed by atoms with E-state index in [1.54, 1.807) is 50.2 Å². The van der Waals surface area contributed by atoms with Crippen molar-refractivity contribution < 1.29 is 32.3 Å². The number of imide groups is 1. The van der Waals surface area contributed by atoms with Crippen molar-refractivity contribution in [3.63, 3.8) is 0 Å². The molecule has 1 aliphatic rings. The summed E-state index contributed by atoms with van der Waals surface area (Å²) in [6.07, 6.45) is -3.15. The number of amides is 4. The van der Waals surface area contributed by atoms with Crippen molar-refractivity contribution in [1.29, 1.82) is 0 Å². The van der Waals surface area contributed by atoms with Crippen molar-refractivity contribution in [2.24, 2.45) is 0 Å². The number of aromatic nitrogens is 1. The van der Waals surface area contributed by atoms with Gasteiger partial charge in [-0.2, -0.15) is 13.2 Å². The predicted octanol–water partition coefficient (Wildman–Crippen LogP) is 5.40. The number of hydrogen-bond acceptors (Lipinski definition) is 6. The molecule has 198 valence electrons. The minimum absolute atomic E-state index is 0.0266. The Kier molecular flexibility index (Phi) is 7.11. The van der Waals surface area contributed by atoms with Crippen LogP contribution in [0.5, 0.6) is 5.75 Å². The first-order chi connectivity index (χ1) is 17.8. The molecule has 0 aliphatic carbocycles. The van der Waals surface area contributed by atoms with Gasteiger partial charge < -0.3 is 15.0 Å². The molecule has 12 heteroatoms. The normalized spacial score (nSPS) is 15.1. The molecule has 0 bridgehead atoms. The smallest absolute Gasteiger partial charge is 0.416 e. The van der Waals surface area contributed by atoms with E-state index in [9.17, 15) is 27.6 Å². The van der Waals surface area contributed by atoms with Crippen LogP contribution in [0, 0.1) is 0 Å². The zero-order valence-electron chi connectivity index (χ0n) is 20.5. The second-order valence-corrected chi connectivity index (χ2v) is 9.49. The van der Waals surface area contributed by atoms with E-state index >= 15 is 0 Å². The summed E-state index contributed by atoms with van der Waals surface area (Å²) in [6, 6.07) is 11.7. The molecule has 1 N–H and O–H groups in total. The maximum atomic E-state index is 13.4. The van der Waals surface area contributed by atoms with Gasteiger partial charge in [0.2, 0.25) is 0 Å². The summed E-state index contributed by atoms with van der Waals surface area (Å²) in [4.78, 5) is 45.3. The maximum absolute atomic E-state index is 13.4. The number of hydrogen-bond donors (Lipinski definition) is 2. The molecule has 0 saturated carbocycles. The van der Waals surface area contributed by atoms with Gasteiger partial charge in [0.25, 0.3) is 11.8 Å². The Hall–Kier alpha value is -4.06. The number of urea groups is 1. The Morgan fingerprint density at radius 2 is 1.84 bits per heavy atom. The summed E-state index contributed by atoms with van der Waals surface area (Å²) in [6.45, 7) is 3.06. The van der Waals surface area contributed by atoms with E-state index in [1.165, 1.54) is 18.2 Å². The van der Waals surface area contributed by atoms with Crippen LogP contribution in [0.25, 0.3) is 0 Å². The second-order valence-electron chi connectivity index (χ2n) is 9.00. The molecule has 1 saturated heterocycles. The molecule has 0 unspecified atom stereocenters. The third-order valence-corrected chi connectivity index (χ3v) is 6.46. The van der Waals surface area contributed by atoms with Gasteiger partial charge in [-0.25, -0.2) is 14.7 Å². The quantitative estimate of drug-likeness (QED) is 0.321. The Bertz CT molecular complexity index is 1430. The van der Waals surface area contributed by atoms with Gasteiger partial charge in [0, 0.05) is 23.2 Å². The molecule has 0 spiro atoms. The zero-order valence-corrected chi connectivity index (χ0v) is 21.4. The third-order valence-electron chi connectivity index (χ3n) is 6.11. The Labute approximate surface area is 221 Å². The summed E-state index contributed by atoms with van der Waals surface area (Å²) in [7, 11) is 1.49. The number of methoxy groups -OCH3 is 1. The lowest BCUT2D eigenvalue weighted by molar-refractivity contribution is -0.137. The predicted molar refractivity (Wildman–Crippen MR) is 136 cm³/mol. The Morgan fingerprint density at radius 1 is 1.11 bits per heavy atom. The highest BCUT2D eigenvalue weighted by Gasteiger charge is 2.52. The SMILES string of the molecule is COc1cccc(C(=O)Nc2cc(CN3C(=O)N(c4ccc(C(F)(F)F)cc4S)C(=O)C3(C)C)ccn2)c1. The molecule has 4 amide bonds. The molecule has 4 rings (SSSR count). The highest BCUT2D eigenvalue weighted by Crippen LogP contribution is 2.39. The number of benzene rings is 2. The summed E-state index contributed by atoms with van der Waals surface area (Å²) >= 11 is 4.11. The summed E-state index contributed by atoms with van der Waals surface area (Å²) in [5.41, 5.74) is -1.38. The fourth-order valence-corrected chi connectivity index (χ4v) is 4.29. The lowest BCUT2D eigenvalue weighted by atomic mass is 10.0. The second kappa shape index (κ2) is 10.0. The van der Waals surface area contributed by atoms with Crippen LogP contribution in [0.15, 0.2) is 65.7 Å². The number of anilines is 2. The lowest BCUT2D eigenvalue weighted by Crippen LogP contribution is -2.43. The van der Waals surface area contributed by atoms with Crippen molar-refractivity contribution in [1.82, 2.24) is 9.88 Å². The van der Waals surface area contributed by atoms with Crippen LogP contribution in [-0.2, 0) is 17.5 Å². The number of pyridine rings is 1. The molecule has 2 heterocycles. The van der Waals surface area contributed by atoms with Crippen molar-refractivity contribution in [2.45, 2.75) is 37.0 Å². The molecule has 0 radical (unpaired) electrons. The molecule has 38 heavy (non-hydrogen) atoms. The first-order valence-corrected chi connectivity index (χ1v) is 11.7. The van der Waals surface area contributed by atoms with E-state index in [0.29, 0.717) is 16.9 Å². The van der Waals surface area contributed by atoms with E-state index in [2.05, 4.69) is 22.9 Å². The summed E-state index contributed by atoms with van der Waals surface area (Å²) in [5, 5.41) is 2.69. The van der Waals surface area contributed by atoms with Crippen LogP contribution < -0.4 is 15.0 Å². The average molecular weight is 545 g/mol. The van der Waals surface area contributed by atoms with E-state index < -0.39 is 35.1 Å². The maximum Gasteiger partial charge on any atom is 0.416 e. The van der Waals surface area contributed by atoms with Gasteiger partial charge in [0.15, 0.2) is 0 Å². The molecule has 2 aromatic carbocycles. The molecule has 0 atom stereocenters. The largest absolute Gasteiger partial charge is 0.497 e. The summed E-state index contributed by atoms with van der Waals surface area (Å²) in [5.74, 6) is -0.293. The van der Waals surface area contributed by atoms with Crippen molar-refractivity contribution in [3.8, 4) is 5.75 Å². The van der Waals surface area contributed by atoms with Gasteiger partial charge in [0.1, 0.15) is 17.1 Å². The van der Waals surface area contributed by atoms with Gasteiger partial charge in [-0.1, -0.05) is 6.07 Å². The minimum atomic E-state index is -4.60. The fourth-order valence-electron chi connectivity index (χ4n) is 3.98. The van der Waals surface area contributed by atoms with Gasteiger partial charge in [-0.15, -0.1) is 12.6 Å². The van der Waals surface area contributed by atoms with E-state index in [1.807, 2.05) is 0 Å². The Morgan fingerprint density at radius 3 is 2.50 bits per heavy atom. The van der Waals surface area contributed by atoms with Crippen molar-refractivity contribution in [2.75, 3.05) is 17.3 Å². The third kappa shape index (κ3) is 5.17. The number of rotatable bonds is 6. The summed E-state index contributed by atoms with van der Waals surface area (Å²) < 4.78 is 44.4. The average Bonchev–Trinajstić information content (AvgIpc) is 3.03. The first kappa shape index (κ1) is 27.0. The molecule has 1 aromatic heterocycles. The lowest BCUT2D eigenvalue weighted by Gasteiger charge is -2.27. The van der Waals surface area contributed by atoms with Gasteiger partial charge >= 0.3 is 12.2 Å². The van der Waals surface area contributed by atoms with Crippen LogP contribution in [0.4, 0.5) is 29.5 Å². The first-order valence-electron chi connectivity index (χ1n) is 11.3. The number of nitrogens with zero attached hydrogens (tertiary/aromatic N) is 3. The molecule has 3 aromatic rings. The fraction of sp³-hybridized carbons (Fsp3) is 0.231. The number of carbonyl (C=O) groups is 3. The van der Waals surface area contributed by atoms with Crippen molar-refractivity contribution in [3.05, 3.63) is 77.5 Å². The standard InChI is InChI=1S/C26H23F3N4O4S/c1-25(2)23(35)33(19-8-7-17(13-20(19)38)26(27,28)29)24(36)32(25)14-15-9-10-30-21(11-15)31-22(34)16-5-4-6-18(12-16)37-3/h4-13,38H,14H2,1-3H3,(H,30,31,34). The van der Waals surface area contributed by atoms with Gasteiger partial charge in [-0.3, -0.25) is 9.59 Å². The minimum Gasteiger partial charge on any atom is -0.497 e. The van der Waals surface area contributed by atoms with Gasteiger partial charge in [-0.05, 0) is 67.9 Å². The van der Waals surface area contributed by atoms with Crippen LogP contribution in [0.1, 0.15) is 35.3 Å². The molecule has 8 nitrogen and oxygen atoms in total. The number of ether oxygens (including phenoxy) is 1. The topological polar surface area (TPSA) is 91.8 Å². The van der Waals surface area contributed by atoms with E-state index in [-0.39, 0.29) is 22.9 Å². The van der Waals surface area contributed by atoms with Gasteiger partial charge in [0.05, 0.1) is 18.4 Å². The van der Waals surface area contributed by atoms with Crippen molar-refractivity contribution >= 4 is 42.0 Å². The highest BCUT2D eigenvalue weighted by atomic mass is 32.1.